The number of amides is 1. The van der Waals surface area contributed by atoms with Crippen LogP contribution in [0.1, 0.15) is 0 Å². The average Bonchev–Trinajstić information content (AvgIpc) is 2.34. The summed E-state index contributed by atoms with van der Waals surface area (Å²) in [6.45, 7) is 0.723. The van der Waals surface area contributed by atoms with Gasteiger partial charge in [-0.3, -0.25) is 0 Å². The van der Waals surface area contributed by atoms with Crippen LogP contribution in [-0.4, -0.2) is 40.9 Å². The predicted molar refractivity (Wildman–Crippen MR) is 34.8 cm³/mol. The highest BCUT2D eigenvalue weighted by Gasteiger charge is 2.16. The number of hydrogen-bond acceptors (Lipinski definition) is 2. The second kappa shape index (κ2) is 2.70. The Kier molecular flexibility index (Phi) is 1.91. The highest BCUT2D eigenvalue weighted by Crippen LogP contribution is 2.07. The fraction of sp³-hybridized carbons (Fsp3) is 0.500. The second-order valence-corrected chi connectivity index (χ2v) is 2.18. The third kappa shape index (κ3) is 1.27. The molecule has 0 bridgehead atoms. The number of carboxylic acid groups (broad SMARTS) is 1. The zero-order valence-electron chi connectivity index (χ0n) is 5.45. The van der Waals surface area contributed by atoms with Gasteiger partial charge >= 0.3 is 6.09 Å². The van der Waals surface area contributed by atoms with Crippen LogP contribution >= 0.6 is 0 Å². The molecule has 1 amide bonds. The largest absolute Gasteiger partial charge is 0.465 e. The molecule has 0 fully saturated rings. The van der Waals surface area contributed by atoms with Crippen molar-refractivity contribution >= 4 is 6.09 Å². The monoisotopic (exact) mass is 143 g/mol. The lowest BCUT2D eigenvalue weighted by Gasteiger charge is -2.09. The van der Waals surface area contributed by atoms with Crippen molar-refractivity contribution in [1.29, 1.82) is 0 Å². The van der Waals surface area contributed by atoms with Crippen LogP contribution in [-0.2, 0) is 0 Å². The van der Waals surface area contributed by atoms with E-state index in [1.807, 2.05) is 0 Å². The maximum Gasteiger partial charge on any atom is 0.407 e. The zero-order chi connectivity index (χ0) is 7.56. The summed E-state index contributed by atoms with van der Waals surface area (Å²) in [5.41, 5.74) is 0.780. The van der Waals surface area contributed by atoms with E-state index >= 15 is 0 Å². The smallest absolute Gasteiger partial charge is 0.407 e. The molecule has 0 saturated heterocycles. The van der Waals surface area contributed by atoms with Gasteiger partial charge in [-0.2, -0.15) is 0 Å². The molecule has 4 nitrogen and oxygen atoms in total. The van der Waals surface area contributed by atoms with E-state index in [-0.39, 0.29) is 6.61 Å². The molecule has 0 atom stereocenters. The van der Waals surface area contributed by atoms with Gasteiger partial charge in [0, 0.05) is 13.1 Å². The third-order valence-electron chi connectivity index (χ3n) is 1.47. The van der Waals surface area contributed by atoms with Crippen molar-refractivity contribution in [2.75, 3.05) is 19.7 Å². The summed E-state index contributed by atoms with van der Waals surface area (Å²) < 4.78 is 0. The van der Waals surface area contributed by atoms with Crippen molar-refractivity contribution in [2.24, 2.45) is 0 Å². The van der Waals surface area contributed by atoms with Gasteiger partial charge < -0.3 is 15.1 Å². The molecule has 1 heterocycles. The highest BCUT2D eigenvalue weighted by atomic mass is 16.4. The van der Waals surface area contributed by atoms with Gasteiger partial charge in [0.1, 0.15) is 0 Å². The Morgan fingerprint density at radius 3 is 2.80 bits per heavy atom. The minimum absolute atomic E-state index is 0.0379. The Labute approximate surface area is 58.4 Å². The predicted octanol–water partition coefficient (Wildman–Crippen LogP) is -0.101. The summed E-state index contributed by atoms with van der Waals surface area (Å²) in [5, 5.41) is 17.0. The fourth-order valence-electron chi connectivity index (χ4n) is 0.874. The van der Waals surface area contributed by atoms with Crippen LogP contribution < -0.4 is 0 Å². The van der Waals surface area contributed by atoms with E-state index in [0.717, 1.165) is 5.57 Å². The molecule has 1 aliphatic heterocycles. The number of aliphatic hydroxyl groups excluding tert-OH is 1. The summed E-state index contributed by atoms with van der Waals surface area (Å²) in [4.78, 5) is 11.5. The van der Waals surface area contributed by atoms with Crippen LogP contribution in [0, 0.1) is 0 Å². The Hall–Kier alpha value is -1.03. The molecule has 0 aromatic rings. The van der Waals surface area contributed by atoms with Crippen molar-refractivity contribution < 1.29 is 15.0 Å². The molecule has 1 aliphatic rings. The number of rotatable bonds is 1. The van der Waals surface area contributed by atoms with Gasteiger partial charge in [0.25, 0.3) is 0 Å². The van der Waals surface area contributed by atoms with Crippen molar-refractivity contribution in [2.45, 2.75) is 0 Å². The first kappa shape index (κ1) is 7.08. The number of hydrogen-bond donors (Lipinski definition) is 2. The SMILES string of the molecule is O=C(O)N1CC=C(CO)C1. The summed E-state index contributed by atoms with van der Waals surface area (Å²) in [5.74, 6) is 0. The molecule has 0 aromatic heterocycles. The Morgan fingerprint density at radius 1 is 1.80 bits per heavy atom. The Morgan fingerprint density at radius 2 is 2.50 bits per heavy atom. The Balaban J connectivity index is 2.43. The fourth-order valence-corrected chi connectivity index (χ4v) is 0.874. The van der Waals surface area contributed by atoms with Gasteiger partial charge in [-0.25, -0.2) is 4.79 Å². The summed E-state index contributed by atoms with van der Waals surface area (Å²) in [7, 11) is 0. The molecule has 4 heteroatoms. The van der Waals surface area contributed by atoms with Crippen molar-refractivity contribution in [1.82, 2.24) is 4.90 Å². The van der Waals surface area contributed by atoms with E-state index in [0.29, 0.717) is 13.1 Å². The lowest BCUT2D eigenvalue weighted by molar-refractivity contribution is 0.156. The molecule has 0 unspecified atom stereocenters. The van der Waals surface area contributed by atoms with Gasteiger partial charge in [-0.1, -0.05) is 6.08 Å². The first-order valence-electron chi connectivity index (χ1n) is 3.00. The van der Waals surface area contributed by atoms with E-state index < -0.39 is 6.09 Å². The number of aliphatic hydroxyl groups is 1. The van der Waals surface area contributed by atoms with Crippen LogP contribution in [0.2, 0.25) is 0 Å². The molecule has 0 radical (unpaired) electrons. The number of carbonyl (C=O) groups is 1. The third-order valence-corrected chi connectivity index (χ3v) is 1.47. The Bertz CT molecular complexity index is 176. The minimum atomic E-state index is -0.931. The van der Waals surface area contributed by atoms with Gasteiger partial charge in [0.05, 0.1) is 6.61 Å². The molecule has 2 N–H and O–H groups in total. The van der Waals surface area contributed by atoms with E-state index in [2.05, 4.69) is 0 Å². The topological polar surface area (TPSA) is 60.8 Å². The van der Waals surface area contributed by atoms with Crippen LogP contribution in [0.15, 0.2) is 11.6 Å². The molecule has 1 rings (SSSR count). The molecule has 10 heavy (non-hydrogen) atoms. The van der Waals surface area contributed by atoms with Crippen LogP contribution in [0.4, 0.5) is 4.79 Å². The first-order chi connectivity index (χ1) is 4.74. The van der Waals surface area contributed by atoms with Crippen LogP contribution in [0.25, 0.3) is 0 Å². The van der Waals surface area contributed by atoms with E-state index in [1.165, 1.54) is 4.90 Å². The molecule has 0 aromatic carbocycles. The molecule has 0 saturated carbocycles. The molecule has 0 aliphatic carbocycles. The van der Waals surface area contributed by atoms with E-state index in [1.54, 1.807) is 6.08 Å². The molecular weight excluding hydrogens is 134 g/mol. The maximum atomic E-state index is 10.3. The summed E-state index contributed by atoms with van der Waals surface area (Å²) in [6.07, 6.45) is 0.799. The summed E-state index contributed by atoms with van der Waals surface area (Å²) >= 11 is 0. The van der Waals surface area contributed by atoms with E-state index in [4.69, 9.17) is 10.2 Å². The average molecular weight is 143 g/mol. The zero-order valence-corrected chi connectivity index (χ0v) is 5.45. The first-order valence-corrected chi connectivity index (χ1v) is 3.00. The van der Waals surface area contributed by atoms with E-state index in [9.17, 15) is 4.79 Å². The lowest BCUT2D eigenvalue weighted by Crippen LogP contribution is -2.27. The van der Waals surface area contributed by atoms with Crippen LogP contribution in [0.3, 0.4) is 0 Å². The molecule has 56 valence electrons. The minimum Gasteiger partial charge on any atom is -0.465 e. The van der Waals surface area contributed by atoms with Crippen molar-refractivity contribution in [3.05, 3.63) is 11.6 Å². The number of nitrogens with zero attached hydrogens (tertiary/aromatic N) is 1. The quantitative estimate of drug-likeness (QED) is 0.504. The van der Waals surface area contributed by atoms with Crippen LogP contribution in [0.5, 0.6) is 0 Å². The lowest BCUT2D eigenvalue weighted by atomic mass is 10.3. The van der Waals surface area contributed by atoms with Crippen molar-refractivity contribution in [3.8, 4) is 0 Å². The van der Waals surface area contributed by atoms with Gasteiger partial charge in [0.2, 0.25) is 0 Å². The normalized spacial score (nSPS) is 17.3. The standard InChI is InChI=1S/C6H9NO3/c8-4-5-1-2-7(3-5)6(9)10/h1,8H,2-4H2,(H,9,10). The molecular formula is C6H9NO3. The highest BCUT2D eigenvalue weighted by molar-refractivity contribution is 5.66. The van der Waals surface area contributed by atoms with Gasteiger partial charge in [0.15, 0.2) is 0 Å². The molecule has 0 spiro atoms. The maximum absolute atomic E-state index is 10.3. The second-order valence-electron chi connectivity index (χ2n) is 2.18. The summed E-state index contributed by atoms with van der Waals surface area (Å²) in [6, 6.07) is 0. The van der Waals surface area contributed by atoms with Gasteiger partial charge in [-0.15, -0.1) is 0 Å². The van der Waals surface area contributed by atoms with Crippen molar-refractivity contribution in [3.63, 3.8) is 0 Å². The van der Waals surface area contributed by atoms with Gasteiger partial charge in [-0.05, 0) is 5.57 Å².